The van der Waals surface area contributed by atoms with Crippen LogP contribution >= 0.6 is 0 Å². The van der Waals surface area contributed by atoms with Gasteiger partial charge in [0.1, 0.15) is 11.2 Å². The first-order valence-electron chi connectivity index (χ1n) is 19.9. The zero-order valence-electron chi connectivity index (χ0n) is 31.2. The lowest BCUT2D eigenvalue weighted by Gasteiger charge is -2.36. The summed E-state index contributed by atoms with van der Waals surface area (Å²) in [4.78, 5) is 0. The largest absolute Gasteiger partial charge is 0.456 e. The summed E-state index contributed by atoms with van der Waals surface area (Å²) in [6.45, 7) is 0. The molecular formula is C55H36OSi. The molecule has 0 atom stereocenters. The summed E-state index contributed by atoms with van der Waals surface area (Å²) in [5.74, 6) is 0. The lowest BCUT2D eigenvalue weighted by atomic mass is 9.90. The maximum absolute atomic E-state index is 6.24. The van der Waals surface area contributed by atoms with Crippen LogP contribution in [-0.4, -0.2) is 8.07 Å². The number of para-hydroxylation sites is 1. The summed E-state index contributed by atoms with van der Waals surface area (Å²) in [6, 6.07) is 77.4. The third-order valence-electron chi connectivity index (χ3n) is 12.6. The minimum absolute atomic E-state index is 0.915. The normalized spacial score (nSPS) is 13.3. The SMILES string of the molecule is c1ccc([Si]2(c3ccccc3)c3ccc(-c4ccc5c(c4)-c4ccccc4C5)cc3-c3ccccc3-c3cc(-c4ccc5oc6ccccc6c5c4)ccc32)cc1. The van der Waals surface area contributed by atoms with Crippen LogP contribution in [0.4, 0.5) is 0 Å². The van der Waals surface area contributed by atoms with Crippen molar-refractivity contribution in [1.29, 1.82) is 0 Å². The Hall–Kier alpha value is -7.00. The summed E-state index contributed by atoms with van der Waals surface area (Å²) in [5, 5.41) is 7.88. The quantitative estimate of drug-likeness (QED) is 0.164. The summed E-state index contributed by atoms with van der Waals surface area (Å²) >= 11 is 0. The minimum Gasteiger partial charge on any atom is -0.456 e. The molecule has 9 aromatic carbocycles. The molecule has 0 N–H and O–H groups in total. The fourth-order valence-corrected chi connectivity index (χ4v) is 15.2. The van der Waals surface area contributed by atoms with Crippen molar-refractivity contribution >= 4 is 50.8 Å². The Labute approximate surface area is 333 Å². The number of rotatable bonds is 4. The molecule has 0 bridgehead atoms. The van der Waals surface area contributed by atoms with E-state index < -0.39 is 8.07 Å². The van der Waals surface area contributed by atoms with Crippen LogP contribution in [0.25, 0.3) is 77.6 Å². The van der Waals surface area contributed by atoms with Crippen LogP contribution in [0.5, 0.6) is 0 Å². The molecule has 0 unspecified atom stereocenters. The number of furan rings is 1. The second kappa shape index (κ2) is 12.5. The van der Waals surface area contributed by atoms with Crippen molar-refractivity contribution in [2.75, 3.05) is 0 Å². The molecule has 0 saturated carbocycles. The molecule has 0 fully saturated rings. The van der Waals surface area contributed by atoms with Crippen molar-refractivity contribution in [3.05, 3.63) is 217 Å². The molecule has 0 spiro atoms. The van der Waals surface area contributed by atoms with Gasteiger partial charge >= 0.3 is 0 Å². The highest BCUT2D eigenvalue weighted by Crippen LogP contribution is 2.42. The molecular weight excluding hydrogens is 705 g/mol. The van der Waals surface area contributed by atoms with E-state index in [1.165, 1.54) is 87.5 Å². The van der Waals surface area contributed by atoms with E-state index >= 15 is 0 Å². The Morgan fingerprint density at radius 2 is 0.789 bits per heavy atom. The number of benzene rings is 9. The fraction of sp³-hybridized carbons (Fsp3) is 0.0182. The lowest BCUT2D eigenvalue weighted by molar-refractivity contribution is 0.669. The minimum atomic E-state index is -2.92. The van der Waals surface area contributed by atoms with Crippen LogP contribution in [-0.2, 0) is 6.42 Å². The van der Waals surface area contributed by atoms with Gasteiger partial charge in [-0.05, 0) is 130 Å². The Kier molecular flexibility index (Phi) is 7.08. The van der Waals surface area contributed by atoms with Crippen LogP contribution in [0, 0.1) is 0 Å². The van der Waals surface area contributed by atoms with E-state index in [0.717, 1.165) is 28.4 Å². The van der Waals surface area contributed by atoms with Crippen LogP contribution in [0.1, 0.15) is 11.1 Å². The predicted molar refractivity (Wildman–Crippen MR) is 241 cm³/mol. The highest BCUT2D eigenvalue weighted by Gasteiger charge is 2.46. The average Bonchev–Trinajstić information content (AvgIpc) is 3.82. The highest BCUT2D eigenvalue weighted by atomic mass is 28.3. The van der Waals surface area contributed by atoms with E-state index in [-0.39, 0.29) is 0 Å². The number of hydrogen-bond acceptors (Lipinski definition) is 1. The second-order valence-corrected chi connectivity index (χ2v) is 19.3. The Morgan fingerprint density at radius 3 is 1.46 bits per heavy atom. The molecule has 0 amide bonds. The molecule has 0 saturated heterocycles. The van der Waals surface area contributed by atoms with E-state index in [2.05, 4.69) is 200 Å². The third-order valence-corrected chi connectivity index (χ3v) is 17.5. The zero-order chi connectivity index (χ0) is 37.5. The van der Waals surface area contributed by atoms with E-state index in [1.54, 1.807) is 0 Å². The second-order valence-electron chi connectivity index (χ2n) is 15.6. The molecule has 266 valence electrons. The first kappa shape index (κ1) is 32.3. The molecule has 2 heteroatoms. The van der Waals surface area contributed by atoms with Gasteiger partial charge in [0.2, 0.25) is 0 Å². The van der Waals surface area contributed by atoms with Crippen molar-refractivity contribution in [1.82, 2.24) is 0 Å². The molecule has 2 heterocycles. The van der Waals surface area contributed by atoms with Gasteiger partial charge in [-0.1, -0.05) is 170 Å². The molecule has 0 radical (unpaired) electrons. The first-order chi connectivity index (χ1) is 28.2. The first-order valence-corrected chi connectivity index (χ1v) is 21.9. The Bertz CT molecular complexity index is 3170. The van der Waals surface area contributed by atoms with Gasteiger partial charge in [0.25, 0.3) is 0 Å². The lowest BCUT2D eigenvalue weighted by Crippen LogP contribution is -2.75. The average molecular weight is 741 g/mol. The monoisotopic (exact) mass is 740 g/mol. The Morgan fingerprint density at radius 1 is 0.316 bits per heavy atom. The molecule has 1 aliphatic carbocycles. The van der Waals surface area contributed by atoms with Gasteiger partial charge in [-0.25, -0.2) is 0 Å². The molecule has 1 nitrogen and oxygen atoms in total. The van der Waals surface area contributed by atoms with Gasteiger partial charge in [0.05, 0.1) is 0 Å². The fourth-order valence-electron chi connectivity index (χ4n) is 10.0. The van der Waals surface area contributed by atoms with Gasteiger partial charge in [-0.2, -0.15) is 0 Å². The summed E-state index contributed by atoms with van der Waals surface area (Å²) in [5.41, 5.74) is 17.4. The Balaban J connectivity index is 1.14. The van der Waals surface area contributed by atoms with E-state index in [4.69, 9.17) is 4.42 Å². The van der Waals surface area contributed by atoms with Crippen molar-refractivity contribution in [3.8, 4) is 55.6 Å². The van der Waals surface area contributed by atoms with Gasteiger partial charge in [-0.3, -0.25) is 0 Å². The molecule has 1 aliphatic heterocycles. The van der Waals surface area contributed by atoms with E-state index in [1.807, 2.05) is 6.07 Å². The predicted octanol–water partition coefficient (Wildman–Crippen LogP) is 11.5. The molecule has 10 aromatic rings. The van der Waals surface area contributed by atoms with Gasteiger partial charge < -0.3 is 4.42 Å². The topological polar surface area (TPSA) is 13.1 Å². The molecule has 57 heavy (non-hydrogen) atoms. The van der Waals surface area contributed by atoms with Gasteiger partial charge in [-0.15, -0.1) is 0 Å². The van der Waals surface area contributed by atoms with Crippen molar-refractivity contribution in [3.63, 3.8) is 0 Å². The zero-order valence-corrected chi connectivity index (χ0v) is 32.2. The van der Waals surface area contributed by atoms with Crippen molar-refractivity contribution in [2.45, 2.75) is 6.42 Å². The van der Waals surface area contributed by atoms with Crippen molar-refractivity contribution < 1.29 is 4.42 Å². The van der Waals surface area contributed by atoms with E-state index in [9.17, 15) is 0 Å². The summed E-state index contributed by atoms with van der Waals surface area (Å²) in [6.07, 6.45) is 0.998. The third kappa shape index (κ3) is 4.81. The number of fused-ring (bicyclic) bond motifs is 11. The highest BCUT2D eigenvalue weighted by molar-refractivity contribution is 7.21. The van der Waals surface area contributed by atoms with Crippen LogP contribution < -0.4 is 20.7 Å². The van der Waals surface area contributed by atoms with Crippen LogP contribution in [0.15, 0.2) is 211 Å². The molecule has 2 aliphatic rings. The van der Waals surface area contributed by atoms with Crippen LogP contribution in [0.2, 0.25) is 0 Å². The van der Waals surface area contributed by atoms with Crippen LogP contribution in [0.3, 0.4) is 0 Å². The summed E-state index contributed by atoms with van der Waals surface area (Å²) < 4.78 is 6.24. The molecule has 1 aromatic heterocycles. The van der Waals surface area contributed by atoms with Gasteiger partial charge in [0.15, 0.2) is 8.07 Å². The summed E-state index contributed by atoms with van der Waals surface area (Å²) in [7, 11) is -2.92. The molecule has 12 rings (SSSR count). The maximum Gasteiger partial charge on any atom is 0.180 e. The number of hydrogen-bond donors (Lipinski definition) is 0. The smallest absolute Gasteiger partial charge is 0.180 e. The standard InChI is InChI=1S/C55H36OSi/c1-3-14-42(15-4-1)57(43-16-5-2-6-17-43)54-29-26-38(36-23-24-41-31-40-13-7-8-18-44(40)48(41)32-36)34-50(54)45-19-9-10-20-46(45)51-35-39(27-30-55(51)57)37-25-28-53-49(33-37)47-21-11-12-22-52(47)56-53/h1-30,32-35H,31H2. The van der Waals surface area contributed by atoms with Crippen molar-refractivity contribution in [2.24, 2.45) is 0 Å². The van der Waals surface area contributed by atoms with E-state index in [0.29, 0.717) is 0 Å². The van der Waals surface area contributed by atoms with Gasteiger partial charge in [0, 0.05) is 10.8 Å². The maximum atomic E-state index is 6.24.